The Morgan fingerprint density at radius 3 is 2.62 bits per heavy atom. The van der Waals surface area contributed by atoms with Crippen molar-refractivity contribution in [3.63, 3.8) is 0 Å². The predicted molar refractivity (Wildman–Crippen MR) is 148 cm³/mol. The number of aryl methyl sites for hydroxylation is 3. The number of imide groups is 1. The van der Waals surface area contributed by atoms with Crippen LogP contribution in [0.2, 0.25) is 0 Å². The molecule has 0 radical (unpaired) electrons. The molecule has 202 valence electrons. The van der Waals surface area contributed by atoms with E-state index in [2.05, 4.69) is 10.3 Å². The minimum atomic E-state index is -0.607. The van der Waals surface area contributed by atoms with E-state index in [0.29, 0.717) is 13.0 Å². The standard InChI is InChI=1S/C31H34N4O4/c1-5-34-27-14-13-26(20(3)29(27)32-33-34)28(23-12-11-19(2)24(16-23)17-36)21(4)30(37)35-25(18-39-31(35)38)15-22-9-7-6-8-10-22/h6-14,16,21,25,28,36H,5,15,17-18H2,1-4H3/t21-,25-,28+/m0/s1. The summed E-state index contributed by atoms with van der Waals surface area (Å²) < 4.78 is 7.22. The molecule has 1 aliphatic rings. The maximum atomic E-state index is 14.1. The molecule has 0 unspecified atom stereocenters. The highest BCUT2D eigenvalue weighted by Gasteiger charge is 2.42. The van der Waals surface area contributed by atoms with Gasteiger partial charge in [-0.3, -0.25) is 4.79 Å². The van der Waals surface area contributed by atoms with Gasteiger partial charge in [-0.15, -0.1) is 5.10 Å². The van der Waals surface area contributed by atoms with Crippen molar-refractivity contribution in [2.75, 3.05) is 6.61 Å². The second-order valence-electron chi connectivity index (χ2n) is 10.3. The highest BCUT2D eigenvalue weighted by Crippen LogP contribution is 2.38. The monoisotopic (exact) mass is 526 g/mol. The first kappa shape index (κ1) is 26.6. The molecule has 3 aromatic carbocycles. The summed E-state index contributed by atoms with van der Waals surface area (Å²) in [5, 5.41) is 18.7. The first-order valence-corrected chi connectivity index (χ1v) is 13.4. The second kappa shape index (κ2) is 11.0. The molecule has 8 heteroatoms. The number of hydrogen-bond donors (Lipinski definition) is 1. The molecule has 0 bridgehead atoms. The Labute approximate surface area is 228 Å². The third-order valence-electron chi connectivity index (χ3n) is 7.92. The summed E-state index contributed by atoms with van der Waals surface area (Å²) in [4.78, 5) is 28.3. The largest absolute Gasteiger partial charge is 0.447 e. The van der Waals surface area contributed by atoms with Crippen LogP contribution in [-0.2, 0) is 29.1 Å². The Morgan fingerprint density at radius 1 is 1.13 bits per heavy atom. The molecule has 0 aliphatic carbocycles. The molecule has 1 N–H and O–H groups in total. The number of nitrogens with zero attached hydrogens (tertiary/aromatic N) is 4. The molecule has 1 saturated heterocycles. The smallest absolute Gasteiger partial charge is 0.416 e. The molecule has 4 aromatic rings. The molecule has 1 aromatic heterocycles. The zero-order valence-corrected chi connectivity index (χ0v) is 22.8. The van der Waals surface area contributed by atoms with Crippen LogP contribution in [0.15, 0.2) is 60.7 Å². The molecule has 8 nitrogen and oxygen atoms in total. The normalized spacial score (nSPS) is 16.9. The maximum absolute atomic E-state index is 14.1. The van der Waals surface area contributed by atoms with Crippen LogP contribution in [0.3, 0.4) is 0 Å². The molecule has 2 amide bonds. The fourth-order valence-corrected chi connectivity index (χ4v) is 5.68. The minimum Gasteiger partial charge on any atom is -0.447 e. The van der Waals surface area contributed by atoms with Crippen molar-refractivity contribution in [1.29, 1.82) is 0 Å². The lowest BCUT2D eigenvalue weighted by atomic mass is 9.78. The van der Waals surface area contributed by atoms with Gasteiger partial charge in [0.05, 0.1) is 18.2 Å². The molecule has 1 aliphatic heterocycles. The van der Waals surface area contributed by atoms with Gasteiger partial charge in [0.2, 0.25) is 5.91 Å². The zero-order valence-electron chi connectivity index (χ0n) is 22.8. The van der Waals surface area contributed by atoms with Gasteiger partial charge in [0, 0.05) is 18.4 Å². The van der Waals surface area contributed by atoms with Crippen LogP contribution in [0, 0.1) is 19.8 Å². The van der Waals surface area contributed by atoms with Gasteiger partial charge < -0.3 is 9.84 Å². The van der Waals surface area contributed by atoms with Gasteiger partial charge in [-0.1, -0.05) is 66.7 Å². The fourth-order valence-electron chi connectivity index (χ4n) is 5.68. The molecule has 2 heterocycles. The van der Waals surface area contributed by atoms with Crippen molar-refractivity contribution in [3.05, 3.63) is 94.0 Å². The minimum absolute atomic E-state index is 0.102. The number of amides is 2. The van der Waals surface area contributed by atoms with E-state index in [4.69, 9.17) is 4.74 Å². The number of carbonyl (C=O) groups is 2. The van der Waals surface area contributed by atoms with Crippen molar-refractivity contribution in [2.24, 2.45) is 5.92 Å². The van der Waals surface area contributed by atoms with Crippen LogP contribution in [-0.4, -0.2) is 49.6 Å². The Hall–Kier alpha value is -4.04. The van der Waals surface area contributed by atoms with Gasteiger partial charge in [0.1, 0.15) is 12.1 Å². The quantitative estimate of drug-likeness (QED) is 0.350. The van der Waals surface area contributed by atoms with Crippen LogP contribution >= 0.6 is 0 Å². The first-order chi connectivity index (χ1) is 18.8. The van der Waals surface area contributed by atoms with E-state index < -0.39 is 12.0 Å². The number of aromatic nitrogens is 3. The highest BCUT2D eigenvalue weighted by atomic mass is 16.6. The Balaban J connectivity index is 1.57. The number of fused-ring (bicyclic) bond motifs is 1. The SMILES string of the molecule is CCn1nnc2c(C)c([C@@H](c3ccc(C)c(CO)c3)[C@H](C)C(=O)N3C(=O)OC[C@@H]3Cc3ccccc3)ccc21. The summed E-state index contributed by atoms with van der Waals surface area (Å²) in [6.45, 7) is 8.60. The van der Waals surface area contributed by atoms with E-state index in [1.54, 1.807) is 0 Å². The van der Waals surface area contributed by atoms with Crippen LogP contribution in [0.25, 0.3) is 11.0 Å². The van der Waals surface area contributed by atoms with Gasteiger partial charge >= 0.3 is 6.09 Å². The molecular formula is C31H34N4O4. The number of aliphatic hydroxyl groups excluding tert-OH is 1. The lowest BCUT2D eigenvalue weighted by Gasteiger charge is -2.30. The number of carbonyl (C=O) groups excluding carboxylic acids is 2. The third kappa shape index (κ3) is 4.92. The van der Waals surface area contributed by atoms with Crippen molar-refractivity contribution >= 4 is 23.0 Å². The third-order valence-corrected chi connectivity index (χ3v) is 7.92. The highest BCUT2D eigenvalue weighted by molar-refractivity contribution is 5.95. The van der Waals surface area contributed by atoms with E-state index in [0.717, 1.165) is 44.4 Å². The number of hydrogen-bond acceptors (Lipinski definition) is 6. The van der Waals surface area contributed by atoms with Crippen molar-refractivity contribution in [3.8, 4) is 0 Å². The first-order valence-electron chi connectivity index (χ1n) is 13.4. The average molecular weight is 527 g/mol. The summed E-state index contributed by atoms with van der Waals surface area (Å²) in [7, 11) is 0. The molecule has 39 heavy (non-hydrogen) atoms. The number of aliphatic hydroxyl groups is 1. The van der Waals surface area contributed by atoms with E-state index in [9.17, 15) is 14.7 Å². The summed E-state index contributed by atoms with van der Waals surface area (Å²) in [6, 6.07) is 19.4. The zero-order chi connectivity index (χ0) is 27.7. The van der Waals surface area contributed by atoms with Gasteiger partial charge in [-0.2, -0.15) is 0 Å². The Kier molecular flexibility index (Phi) is 7.48. The van der Waals surface area contributed by atoms with Gasteiger partial charge in [-0.05, 0) is 66.6 Å². The second-order valence-corrected chi connectivity index (χ2v) is 10.3. The number of rotatable bonds is 8. The maximum Gasteiger partial charge on any atom is 0.416 e. The lowest BCUT2D eigenvalue weighted by Crippen LogP contribution is -2.44. The van der Waals surface area contributed by atoms with E-state index in [1.165, 1.54) is 4.90 Å². The Bertz CT molecular complexity index is 1510. The molecule has 3 atom stereocenters. The molecule has 0 spiro atoms. The lowest BCUT2D eigenvalue weighted by molar-refractivity contribution is -0.133. The van der Waals surface area contributed by atoms with E-state index in [1.807, 2.05) is 93.0 Å². The van der Waals surface area contributed by atoms with Gasteiger partial charge in [-0.25, -0.2) is 14.4 Å². The van der Waals surface area contributed by atoms with E-state index in [-0.39, 0.29) is 31.1 Å². The number of benzene rings is 3. The topological polar surface area (TPSA) is 97.5 Å². The molecule has 0 saturated carbocycles. The van der Waals surface area contributed by atoms with Crippen LogP contribution in [0.5, 0.6) is 0 Å². The Morgan fingerprint density at radius 2 is 1.90 bits per heavy atom. The van der Waals surface area contributed by atoms with E-state index >= 15 is 0 Å². The average Bonchev–Trinajstić information content (AvgIpc) is 3.54. The predicted octanol–water partition coefficient (Wildman–Crippen LogP) is 4.92. The van der Waals surface area contributed by atoms with Gasteiger partial charge in [0.15, 0.2) is 0 Å². The summed E-state index contributed by atoms with van der Waals surface area (Å²) in [5.74, 6) is -1.27. The van der Waals surface area contributed by atoms with Crippen molar-refractivity contribution in [2.45, 2.75) is 59.2 Å². The molecule has 1 fully saturated rings. The van der Waals surface area contributed by atoms with Gasteiger partial charge in [0.25, 0.3) is 0 Å². The molecular weight excluding hydrogens is 492 g/mol. The fraction of sp³-hybridized carbons (Fsp3) is 0.355. The molecule has 5 rings (SSSR count). The van der Waals surface area contributed by atoms with Crippen LogP contribution in [0.1, 0.15) is 53.1 Å². The number of ether oxygens (including phenoxy) is 1. The summed E-state index contributed by atoms with van der Waals surface area (Å²) in [6.07, 6.45) is -0.0791. The van der Waals surface area contributed by atoms with Crippen molar-refractivity contribution in [1.82, 2.24) is 19.9 Å². The van der Waals surface area contributed by atoms with Crippen LogP contribution in [0.4, 0.5) is 4.79 Å². The number of cyclic esters (lactones) is 1. The summed E-state index contributed by atoms with van der Waals surface area (Å²) >= 11 is 0. The van der Waals surface area contributed by atoms with Crippen molar-refractivity contribution < 1.29 is 19.4 Å². The van der Waals surface area contributed by atoms with Crippen LogP contribution < -0.4 is 0 Å². The summed E-state index contributed by atoms with van der Waals surface area (Å²) in [5.41, 5.74) is 7.30.